The van der Waals surface area contributed by atoms with Gasteiger partial charge in [-0.25, -0.2) is 4.79 Å². The monoisotopic (exact) mass is 189 g/mol. The van der Waals surface area contributed by atoms with Crippen molar-refractivity contribution in [2.75, 3.05) is 6.54 Å². The highest BCUT2D eigenvalue weighted by Gasteiger charge is 1.97. The number of carbonyl (C=O) groups excluding carboxylic acids is 1. The summed E-state index contributed by atoms with van der Waals surface area (Å²) in [6.45, 7) is 2.75. The molecule has 1 amide bonds. The maximum Gasteiger partial charge on any atom is 0.438 e. The second-order valence-corrected chi connectivity index (χ2v) is 3.07. The number of hydrogen-bond donors (Lipinski definition) is 2. The molecule has 0 aromatic heterocycles. The van der Waals surface area contributed by atoms with Crippen molar-refractivity contribution in [3.63, 3.8) is 0 Å². The van der Waals surface area contributed by atoms with Crippen LogP contribution >= 0.6 is 0 Å². The van der Waals surface area contributed by atoms with Crippen LogP contribution in [-0.4, -0.2) is 17.9 Å². The van der Waals surface area contributed by atoms with E-state index in [1.54, 1.807) is 0 Å². The van der Waals surface area contributed by atoms with Gasteiger partial charge in [-0.1, -0.05) is 39.0 Å². The predicted octanol–water partition coefficient (Wildman–Crippen LogP) is 2.55. The van der Waals surface area contributed by atoms with E-state index in [4.69, 9.17) is 5.26 Å². The van der Waals surface area contributed by atoms with Gasteiger partial charge < -0.3 is 5.32 Å². The highest BCUT2D eigenvalue weighted by atomic mass is 17.1. The van der Waals surface area contributed by atoms with Gasteiger partial charge >= 0.3 is 6.09 Å². The molecule has 0 unspecified atom stereocenters. The summed E-state index contributed by atoms with van der Waals surface area (Å²) in [4.78, 5) is 13.8. The van der Waals surface area contributed by atoms with Gasteiger partial charge in [0.15, 0.2) is 0 Å². The van der Waals surface area contributed by atoms with E-state index < -0.39 is 6.09 Å². The summed E-state index contributed by atoms with van der Waals surface area (Å²) in [7, 11) is 0. The van der Waals surface area contributed by atoms with Gasteiger partial charge in [0.1, 0.15) is 0 Å². The van der Waals surface area contributed by atoms with Crippen molar-refractivity contribution >= 4 is 6.09 Å². The van der Waals surface area contributed by atoms with Crippen molar-refractivity contribution in [3.05, 3.63) is 0 Å². The molecule has 0 rings (SSSR count). The molecule has 0 radical (unpaired) electrons. The van der Waals surface area contributed by atoms with Gasteiger partial charge in [0.25, 0.3) is 0 Å². The zero-order valence-corrected chi connectivity index (χ0v) is 8.21. The van der Waals surface area contributed by atoms with Crippen LogP contribution in [0.1, 0.15) is 45.4 Å². The average Bonchev–Trinajstić information content (AvgIpc) is 2.16. The maximum absolute atomic E-state index is 10.4. The van der Waals surface area contributed by atoms with Gasteiger partial charge in [-0.15, -0.1) is 0 Å². The Bertz CT molecular complexity index is 128. The minimum Gasteiger partial charge on any atom is -0.319 e. The molecule has 0 spiro atoms. The highest BCUT2D eigenvalue weighted by molar-refractivity contribution is 5.66. The Balaban J connectivity index is 2.95. The van der Waals surface area contributed by atoms with E-state index in [-0.39, 0.29) is 0 Å². The van der Waals surface area contributed by atoms with E-state index in [2.05, 4.69) is 17.1 Å². The van der Waals surface area contributed by atoms with E-state index in [9.17, 15) is 4.79 Å². The van der Waals surface area contributed by atoms with E-state index >= 15 is 0 Å². The normalized spacial score (nSPS) is 9.69. The molecule has 78 valence electrons. The third-order valence-corrected chi connectivity index (χ3v) is 1.88. The molecule has 0 aliphatic carbocycles. The van der Waals surface area contributed by atoms with Gasteiger partial charge in [0, 0.05) is 6.54 Å². The van der Waals surface area contributed by atoms with Crippen molar-refractivity contribution < 1.29 is 14.9 Å². The third kappa shape index (κ3) is 9.14. The largest absolute Gasteiger partial charge is 0.438 e. The zero-order valence-electron chi connectivity index (χ0n) is 8.21. The Hall–Kier alpha value is -0.770. The molecule has 0 aliphatic rings. The van der Waals surface area contributed by atoms with Gasteiger partial charge in [-0.05, 0) is 6.42 Å². The number of carbonyl (C=O) groups is 1. The number of nitrogens with one attached hydrogen (secondary N) is 1. The van der Waals surface area contributed by atoms with Gasteiger partial charge in [0.05, 0.1) is 0 Å². The molecule has 0 heterocycles. The fourth-order valence-corrected chi connectivity index (χ4v) is 1.13. The number of hydrogen-bond acceptors (Lipinski definition) is 3. The second-order valence-electron chi connectivity index (χ2n) is 3.07. The standard InChI is InChI=1S/C9H19NO3/c1-2-3-4-5-6-7-8-10-9(11)13-12/h12H,2-8H2,1H3,(H,10,11). The van der Waals surface area contributed by atoms with E-state index in [1.807, 2.05) is 0 Å². The fraction of sp³-hybridized carbons (Fsp3) is 0.889. The van der Waals surface area contributed by atoms with Gasteiger partial charge in [-0.3, -0.25) is 4.89 Å². The van der Waals surface area contributed by atoms with Gasteiger partial charge in [0.2, 0.25) is 0 Å². The molecular weight excluding hydrogens is 170 g/mol. The molecule has 0 saturated carbocycles. The lowest BCUT2D eigenvalue weighted by molar-refractivity contribution is -0.177. The molecule has 0 bridgehead atoms. The summed E-state index contributed by atoms with van der Waals surface area (Å²) in [5, 5.41) is 10.3. The van der Waals surface area contributed by atoms with E-state index in [1.165, 1.54) is 25.7 Å². The maximum atomic E-state index is 10.4. The van der Waals surface area contributed by atoms with Crippen molar-refractivity contribution in [2.45, 2.75) is 45.4 Å². The number of unbranched alkanes of at least 4 members (excludes halogenated alkanes) is 5. The van der Waals surface area contributed by atoms with E-state index in [0.717, 1.165) is 12.8 Å². The summed E-state index contributed by atoms with van der Waals surface area (Å²) in [6, 6.07) is 0. The Labute approximate surface area is 79.2 Å². The van der Waals surface area contributed by atoms with Crippen LogP contribution in [0.15, 0.2) is 0 Å². The molecule has 0 fully saturated rings. The summed E-state index contributed by atoms with van der Waals surface area (Å²) in [5.74, 6) is 0. The summed E-state index contributed by atoms with van der Waals surface area (Å²) >= 11 is 0. The SMILES string of the molecule is CCCCCCCCNC(=O)OO. The molecule has 0 aromatic carbocycles. The highest BCUT2D eigenvalue weighted by Crippen LogP contribution is 2.03. The predicted molar refractivity (Wildman–Crippen MR) is 50.5 cm³/mol. The van der Waals surface area contributed by atoms with Crippen molar-refractivity contribution in [1.82, 2.24) is 5.32 Å². The molecule has 4 nitrogen and oxygen atoms in total. The number of rotatable bonds is 7. The van der Waals surface area contributed by atoms with Crippen molar-refractivity contribution in [1.29, 1.82) is 0 Å². The molecule has 13 heavy (non-hydrogen) atoms. The Morgan fingerprint density at radius 2 is 1.85 bits per heavy atom. The topological polar surface area (TPSA) is 58.6 Å². The van der Waals surface area contributed by atoms with Crippen molar-refractivity contribution in [2.24, 2.45) is 0 Å². The molecular formula is C9H19NO3. The summed E-state index contributed by atoms with van der Waals surface area (Å²) in [6.07, 6.45) is 6.30. The minimum atomic E-state index is -0.770. The summed E-state index contributed by atoms with van der Waals surface area (Å²) in [5.41, 5.74) is 0. The first-order chi connectivity index (χ1) is 6.31. The van der Waals surface area contributed by atoms with Crippen LogP contribution in [0.2, 0.25) is 0 Å². The Morgan fingerprint density at radius 1 is 1.23 bits per heavy atom. The first-order valence-corrected chi connectivity index (χ1v) is 4.90. The Kier molecular flexibility index (Phi) is 8.77. The lowest BCUT2D eigenvalue weighted by atomic mass is 10.1. The molecule has 4 heteroatoms. The fourth-order valence-electron chi connectivity index (χ4n) is 1.13. The molecule has 0 saturated heterocycles. The van der Waals surface area contributed by atoms with E-state index in [0.29, 0.717) is 6.54 Å². The van der Waals surface area contributed by atoms with Gasteiger partial charge in [-0.2, -0.15) is 5.26 Å². The summed E-state index contributed by atoms with van der Waals surface area (Å²) < 4.78 is 0. The second kappa shape index (κ2) is 9.32. The number of amides is 1. The zero-order chi connectivity index (χ0) is 9.94. The van der Waals surface area contributed by atoms with Crippen LogP contribution < -0.4 is 5.32 Å². The molecule has 0 aliphatic heterocycles. The van der Waals surface area contributed by atoms with Crippen LogP contribution in [0.25, 0.3) is 0 Å². The first-order valence-electron chi connectivity index (χ1n) is 4.90. The lowest BCUT2D eigenvalue weighted by Crippen LogP contribution is -2.24. The first kappa shape index (κ1) is 12.2. The molecule has 2 N–H and O–H groups in total. The minimum absolute atomic E-state index is 0.575. The smallest absolute Gasteiger partial charge is 0.319 e. The Morgan fingerprint density at radius 3 is 2.46 bits per heavy atom. The van der Waals surface area contributed by atoms with Crippen LogP contribution in [0, 0.1) is 0 Å². The molecule has 0 aromatic rings. The van der Waals surface area contributed by atoms with Crippen LogP contribution in [0.3, 0.4) is 0 Å². The quantitative estimate of drug-likeness (QED) is 0.367. The van der Waals surface area contributed by atoms with Crippen LogP contribution in [0.5, 0.6) is 0 Å². The van der Waals surface area contributed by atoms with Crippen LogP contribution in [-0.2, 0) is 4.89 Å². The third-order valence-electron chi connectivity index (χ3n) is 1.88. The molecule has 0 atom stereocenters. The van der Waals surface area contributed by atoms with Crippen molar-refractivity contribution in [3.8, 4) is 0 Å². The van der Waals surface area contributed by atoms with Crippen LogP contribution in [0.4, 0.5) is 4.79 Å². The lowest BCUT2D eigenvalue weighted by Gasteiger charge is -2.01. The average molecular weight is 189 g/mol.